The molecular formula is C31H58ClNO5. The largest absolute Gasteiger partial charge is 0.471 e. The van der Waals surface area contributed by atoms with Crippen LogP contribution in [0.3, 0.4) is 0 Å². The smallest absolute Gasteiger partial charge is 0.292 e. The minimum absolute atomic E-state index is 0.375. The van der Waals surface area contributed by atoms with Crippen molar-refractivity contribution in [3.63, 3.8) is 0 Å². The number of aryl methyl sites for hydroxylation is 1. The number of carbonyl (C=O) groups excluding carboxylic acids is 2. The quantitative estimate of drug-likeness (QED) is 0.364. The number of benzene rings is 1. The molecule has 2 N–H and O–H groups in total. The molecule has 0 aliphatic rings. The maximum atomic E-state index is 11.1. The molecule has 1 heterocycles. The summed E-state index contributed by atoms with van der Waals surface area (Å²) >= 11 is 5.93. The van der Waals surface area contributed by atoms with Crippen LogP contribution in [-0.2, 0) is 16.0 Å². The number of hydrogen-bond acceptors (Lipinski definition) is 6. The zero-order valence-corrected chi connectivity index (χ0v) is 27.9. The summed E-state index contributed by atoms with van der Waals surface area (Å²) in [6, 6.07) is 7.70. The van der Waals surface area contributed by atoms with E-state index in [2.05, 4.69) is 16.6 Å². The Bertz CT molecular complexity index is 765. The fourth-order valence-electron chi connectivity index (χ4n) is 2.42. The van der Waals surface area contributed by atoms with Crippen molar-refractivity contribution in [3.8, 4) is 11.1 Å². The number of ether oxygens (including phenoxy) is 1. The van der Waals surface area contributed by atoms with Gasteiger partial charge in [0.2, 0.25) is 0 Å². The van der Waals surface area contributed by atoms with Crippen molar-refractivity contribution >= 4 is 24.4 Å². The van der Waals surface area contributed by atoms with E-state index >= 15 is 0 Å². The number of halogens is 1. The van der Waals surface area contributed by atoms with Crippen molar-refractivity contribution in [2.24, 2.45) is 0 Å². The van der Waals surface area contributed by atoms with Gasteiger partial charge in [0.15, 0.2) is 6.29 Å². The summed E-state index contributed by atoms with van der Waals surface area (Å²) in [6.07, 6.45) is 1.71. The molecule has 0 atom stereocenters. The molecule has 2 rings (SSSR count). The summed E-state index contributed by atoms with van der Waals surface area (Å²) in [5, 5.41) is 16.2. The predicted molar refractivity (Wildman–Crippen MR) is 168 cm³/mol. The van der Waals surface area contributed by atoms with Crippen LogP contribution >= 0.6 is 11.6 Å². The van der Waals surface area contributed by atoms with Gasteiger partial charge in [-0.1, -0.05) is 86.0 Å². The Morgan fingerprint density at radius 2 is 1.24 bits per heavy atom. The van der Waals surface area contributed by atoms with Crippen LogP contribution in [0.2, 0.25) is 5.02 Å². The second kappa shape index (κ2) is 34.7. The van der Waals surface area contributed by atoms with Gasteiger partial charge in [-0.3, -0.25) is 9.59 Å². The van der Waals surface area contributed by atoms with Crippen LogP contribution in [0.1, 0.15) is 110 Å². The van der Waals surface area contributed by atoms with Gasteiger partial charge < -0.3 is 14.9 Å². The molecule has 6 nitrogen and oxygen atoms in total. The van der Waals surface area contributed by atoms with Crippen LogP contribution in [0, 0.1) is 13.8 Å². The summed E-state index contributed by atoms with van der Waals surface area (Å²) in [5.41, 5.74) is 5.23. The van der Waals surface area contributed by atoms with Crippen molar-refractivity contribution < 1.29 is 24.5 Å². The standard InChI is InChI=1S/C16H16ClNO.C4H10O.C2H4O2.4C2H6.CH4O/c1-4-14-11(3)18-15(9-19)10(2)16(14)12-5-7-13(17)8-6-12;1-4(2,3)5;1-4-2-3;5*1-2/h5-9H,4H2,1-3H3;5H,1-3H3;2H,1H3;4*1-2H3;2H,1H3. The second-order valence-electron chi connectivity index (χ2n) is 7.04. The minimum Gasteiger partial charge on any atom is -0.471 e. The van der Waals surface area contributed by atoms with Gasteiger partial charge in [-0.2, -0.15) is 0 Å². The van der Waals surface area contributed by atoms with E-state index in [1.807, 2.05) is 93.5 Å². The number of aldehydes is 1. The third kappa shape index (κ3) is 26.8. The van der Waals surface area contributed by atoms with Crippen LogP contribution < -0.4 is 0 Å². The Balaban J connectivity index is -0.000000112. The molecule has 0 unspecified atom stereocenters. The first-order valence-corrected chi connectivity index (χ1v) is 13.7. The Kier molecular flexibility index (Phi) is 44.5. The maximum absolute atomic E-state index is 11.1. The van der Waals surface area contributed by atoms with E-state index in [0.717, 1.165) is 42.2 Å². The fraction of sp³-hybridized carbons (Fsp3) is 0.581. The monoisotopic (exact) mass is 559 g/mol. The van der Waals surface area contributed by atoms with E-state index in [1.54, 1.807) is 20.8 Å². The molecule has 1 aromatic heterocycles. The highest BCUT2D eigenvalue weighted by atomic mass is 35.5. The number of aliphatic hydroxyl groups excluding tert-OH is 1. The predicted octanol–water partition coefficient (Wildman–Crippen LogP) is 8.67. The number of carbonyl (C=O) groups is 2. The van der Waals surface area contributed by atoms with Gasteiger partial charge in [0.05, 0.1) is 12.7 Å². The molecule has 0 saturated carbocycles. The Labute approximate surface area is 239 Å². The van der Waals surface area contributed by atoms with E-state index < -0.39 is 5.60 Å². The molecule has 2 aromatic rings. The lowest BCUT2D eigenvalue weighted by atomic mass is 9.92. The summed E-state index contributed by atoms with van der Waals surface area (Å²) in [6.45, 7) is 27.6. The maximum Gasteiger partial charge on any atom is 0.292 e. The molecule has 0 bridgehead atoms. The highest BCUT2D eigenvalue weighted by molar-refractivity contribution is 6.30. The number of methoxy groups -OCH3 is 1. The highest BCUT2D eigenvalue weighted by Crippen LogP contribution is 2.31. The lowest BCUT2D eigenvalue weighted by Crippen LogP contribution is -2.10. The summed E-state index contributed by atoms with van der Waals surface area (Å²) in [7, 11) is 2.31. The first kappa shape index (κ1) is 48.7. The number of nitrogens with zero attached hydrogens (tertiary/aromatic N) is 1. The lowest BCUT2D eigenvalue weighted by Gasteiger charge is -2.15. The molecule has 0 fully saturated rings. The number of pyridine rings is 1. The summed E-state index contributed by atoms with van der Waals surface area (Å²) < 4.78 is 3.86. The third-order valence-corrected chi connectivity index (χ3v) is 3.73. The molecule has 0 aliphatic heterocycles. The van der Waals surface area contributed by atoms with Crippen LogP contribution in [0.4, 0.5) is 0 Å². The van der Waals surface area contributed by atoms with Crippen LogP contribution in [0.5, 0.6) is 0 Å². The summed E-state index contributed by atoms with van der Waals surface area (Å²) in [5.74, 6) is 0. The van der Waals surface area contributed by atoms with Gasteiger partial charge in [0, 0.05) is 17.8 Å². The second-order valence-corrected chi connectivity index (χ2v) is 7.48. The first-order valence-electron chi connectivity index (χ1n) is 13.3. The Morgan fingerprint density at radius 3 is 1.50 bits per heavy atom. The van der Waals surface area contributed by atoms with E-state index in [4.69, 9.17) is 26.6 Å². The van der Waals surface area contributed by atoms with Crippen molar-refractivity contribution in [1.29, 1.82) is 0 Å². The Morgan fingerprint density at radius 1 is 0.895 bits per heavy atom. The zero-order chi connectivity index (χ0) is 31.9. The van der Waals surface area contributed by atoms with Crippen molar-refractivity contribution in [2.45, 2.75) is 109 Å². The van der Waals surface area contributed by atoms with Gasteiger partial charge in [-0.25, -0.2) is 4.98 Å². The van der Waals surface area contributed by atoms with E-state index in [9.17, 15) is 4.79 Å². The molecule has 0 saturated heterocycles. The minimum atomic E-state index is -0.500. The number of aliphatic hydroxyl groups is 2. The SMILES string of the molecule is CC.CC.CC.CC.CC(C)(C)O.CCc1c(C)nc(C=O)c(C)c1-c1ccc(Cl)cc1.CO.COC=O. The molecule has 0 aliphatic carbocycles. The molecule has 0 radical (unpaired) electrons. The van der Waals surface area contributed by atoms with Crippen molar-refractivity contribution in [1.82, 2.24) is 4.98 Å². The third-order valence-electron chi connectivity index (χ3n) is 3.48. The fourth-order valence-corrected chi connectivity index (χ4v) is 2.55. The number of aromatic nitrogens is 1. The molecule has 224 valence electrons. The molecule has 38 heavy (non-hydrogen) atoms. The first-order chi connectivity index (χ1) is 18.0. The number of hydrogen-bond donors (Lipinski definition) is 2. The van der Waals surface area contributed by atoms with E-state index in [0.29, 0.717) is 17.2 Å². The van der Waals surface area contributed by atoms with Gasteiger partial charge in [0.25, 0.3) is 6.47 Å². The molecule has 0 amide bonds. The zero-order valence-electron chi connectivity index (χ0n) is 27.1. The number of rotatable bonds is 4. The highest BCUT2D eigenvalue weighted by Gasteiger charge is 2.15. The van der Waals surface area contributed by atoms with Gasteiger partial charge in [-0.15, -0.1) is 0 Å². The van der Waals surface area contributed by atoms with Gasteiger partial charge in [-0.05, 0) is 75.4 Å². The van der Waals surface area contributed by atoms with E-state index in [1.165, 1.54) is 12.7 Å². The van der Waals surface area contributed by atoms with Crippen molar-refractivity contribution in [2.75, 3.05) is 14.2 Å². The van der Waals surface area contributed by atoms with Crippen LogP contribution in [-0.4, -0.2) is 47.8 Å². The van der Waals surface area contributed by atoms with Crippen LogP contribution in [0.25, 0.3) is 11.1 Å². The molecule has 7 heteroatoms. The Hall–Kier alpha value is -2.28. The summed E-state index contributed by atoms with van der Waals surface area (Å²) in [4.78, 5) is 24.5. The van der Waals surface area contributed by atoms with Gasteiger partial charge in [0.1, 0.15) is 5.69 Å². The normalized spacial score (nSPS) is 8.18. The van der Waals surface area contributed by atoms with Crippen LogP contribution in [0.15, 0.2) is 24.3 Å². The van der Waals surface area contributed by atoms with E-state index in [-0.39, 0.29) is 0 Å². The van der Waals surface area contributed by atoms with Gasteiger partial charge >= 0.3 is 0 Å². The molecular weight excluding hydrogens is 502 g/mol. The topological polar surface area (TPSA) is 96.7 Å². The average Bonchev–Trinajstić information content (AvgIpc) is 2.95. The lowest BCUT2D eigenvalue weighted by molar-refractivity contribution is -0.126. The average molecular weight is 560 g/mol. The molecule has 0 spiro atoms. The molecule has 1 aromatic carbocycles. The van der Waals surface area contributed by atoms with Crippen molar-refractivity contribution in [3.05, 3.63) is 51.8 Å².